The van der Waals surface area contributed by atoms with Gasteiger partial charge in [0.2, 0.25) is 0 Å². The first-order valence-electron chi connectivity index (χ1n) is 7.00. The van der Waals surface area contributed by atoms with Crippen LogP contribution in [-0.2, 0) is 6.54 Å². The molecule has 0 unspecified atom stereocenters. The highest BCUT2D eigenvalue weighted by Gasteiger charge is 2.08. The number of nitrogens with zero attached hydrogens (tertiary/aromatic N) is 1. The van der Waals surface area contributed by atoms with E-state index in [0.29, 0.717) is 23.0 Å². The Bertz CT molecular complexity index is 786. The van der Waals surface area contributed by atoms with Crippen molar-refractivity contribution >= 4 is 28.9 Å². The zero-order valence-corrected chi connectivity index (χ0v) is 12.9. The van der Waals surface area contributed by atoms with E-state index < -0.39 is 0 Å². The Kier molecular flexibility index (Phi) is 4.59. The summed E-state index contributed by atoms with van der Waals surface area (Å²) in [6.45, 7) is 0.327. The van der Waals surface area contributed by atoms with Crippen molar-refractivity contribution in [1.29, 1.82) is 0 Å². The van der Waals surface area contributed by atoms with Gasteiger partial charge >= 0.3 is 0 Å². The highest BCUT2D eigenvalue weighted by atomic mass is 35.5. The van der Waals surface area contributed by atoms with Gasteiger partial charge in [0.1, 0.15) is 11.5 Å². The number of benzene rings is 1. The zero-order valence-electron chi connectivity index (χ0n) is 12.1. The van der Waals surface area contributed by atoms with Crippen LogP contribution in [0.1, 0.15) is 16.2 Å². The quantitative estimate of drug-likeness (QED) is 0.743. The summed E-state index contributed by atoms with van der Waals surface area (Å²) >= 11 is 6.09. The largest absolute Gasteiger partial charge is 0.467 e. The molecule has 0 aliphatic rings. The van der Waals surface area contributed by atoms with Gasteiger partial charge in [0, 0.05) is 0 Å². The molecule has 0 aliphatic carbocycles. The molecule has 0 radical (unpaired) electrons. The Morgan fingerprint density at radius 3 is 2.70 bits per heavy atom. The van der Waals surface area contributed by atoms with Gasteiger partial charge in [0.05, 0.1) is 35.4 Å². The van der Waals surface area contributed by atoms with Crippen molar-refractivity contribution in [3.63, 3.8) is 0 Å². The molecule has 0 spiro atoms. The van der Waals surface area contributed by atoms with Crippen molar-refractivity contribution < 1.29 is 9.21 Å². The predicted octanol–water partition coefficient (Wildman–Crippen LogP) is 4.00. The summed E-state index contributed by atoms with van der Waals surface area (Å²) in [7, 11) is 0. The zero-order chi connectivity index (χ0) is 16.1. The Balaban J connectivity index is 1.62. The maximum Gasteiger partial charge on any atom is 0.270 e. The monoisotopic (exact) mass is 327 g/mol. The van der Waals surface area contributed by atoms with Gasteiger partial charge in [0.15, 0.2) is 0 Å². The van der Waals surface area contributed by atoms with Crippen LogP contribution in [0, 0.1) is 0 Å². The van der Waals surface area contributed by atoms with E-state index in [9.17, 15) is 4.79 Å². The maximum atomic E-state index is 12.0. The normalized spacial score (nSPS) is 10.3. The summed E-state index contributed by atoms with van der Waals surface area (Å²) < 4.78 is 5.16. The average Bonchev–Trinajstić information content (AvgIpc) is 3.09. The third-order valence-corrected chi connectivity index (χ3v) is 3.48. The summed E-state index contributed by atoms with van der Waals surface area (Å²) in [4.78, 5) is 16.2. The fourth-order valence-electron chi connectivity index (χ4n) is 1.99. The number of anilines is 2. The Hall–Kier alpha value is -2.79. The molecule has 3 rings (SSSR count). The standard InChI is InChI=1S/C17H14ClN3O2/c18-14-5-1-2-6-15(14)21-12-7-8-16(19-10-12)17(22)20-11-13-4-3-9-23-13/h1-10,21H,11H2,(H,20,22). The lowest BCUT2D eigenvalue weighted by atomic mass is 10.3. The number of carbonyl (C=O) groups is 1. The molecule has 0 saturated heterocycles. The van der Waals surface area contributed by atoms with E-state index in [4.69, 9.17) is 16.0 Å². The first-order valence-corrected chi connectivity index (χ1v) is 7.38. The lowest BCUT2D eigenvalue weighted by Crippen LogP contribution is -2.23. The van der Waals surface area contributed by atoms with E-state index in [1.807, 2.05) is 18.2 Å². The molecule has 1 aromatic carbocycles. The van der Waals surface area contributed by atoms with Crippen molar-refractivity contribution in [2.75, 3.05) is 5.32 Å². The minimum Gasteiger partial charge on any atom is -0.467 e. The second-order valence-electron chi connectivity index (χ2n) is 4.80. The van der Waals surface area contributed by atoms with Gasteiger partial charge in [-0.15, -0.1) is 0 Å². The third kappa shape index (κ3) is 3.90. The van der Waals surface area contributed by atoms with Crippen molar-refractivity contribution in [2.45, 2.75) is 6.54 Å². The second kappa shape index (κ2) is 6.98. The van der Waals surface area contributed by atoms with Gasteiger partial charge < -0.3 is 15.1 Å². The molecule has 0 saturated carbocycles. The first kappa shape index (κ1) is 15.1. The van der Waals surface area contributed by atoms with E-state index in [2.05, 4.69) is 15.6 Å². The topological polar surface area (TPSA) is 67.2 Å². The summed E-state index contributed by atoms with van der Waals surface area (Å²) in [5.74, 6) is 0.432. The molecule has 23 heavy (non-hydrogen) atoms. The molecule has 6 heteroatoms. The summed E-state index contributed by atoms with van der Waals surface area (Å²) in [5.41, 5.74) is 1.87. The van der Waals surface area contributed by atoms with E-state index in [1.54, 1.807) is 42.8 Å². The SMILES string of the molecule is O=C(NCc1ccco1)c1ccc(Nc2ccccc2Cl)cn1. The fourth-order valence-corrected chi connectivity index (χ4v) is 2.17. The van der Waals surface area contributed by atoms with Crippen molar-refractivity contribution in [3.05, 3.63) is 77.5 Å². The lowest BCUT2D eigenvalue weighted by molar-refractivity contribution is 0.0943. The van der Waals surface area contributed by atoms with Gasteiger partial charge in [-0.2, -0.15) is 0 Å². The van der Waals surface area contributed by atoms with Crippen molar-refractivity contribution in [1.82, 2.24) is 10.3 Å². The van der Waals surface area contributed by atoms with Crippen LogP contribution < -0.4 is 10.6 Å². The average molecular weight is 328 g/mol. The molecule has 0 aliphatic heterocycles. The third-order valence-electron chi connectivity index (χ3n) is 3.15. The van der Waals surface area contributed by atoms with Gasteiger partial charge in [-0.1, -0.05) is 23.7 Å². The number of amides is 1. The number of hydrogen-bond acceptors (Lipinski definition) is 4. The molecule has 2 aromatic heterocycles. The van der Waals surface area contributed by atoms with Crippen LogP contribution in [0.25, 0.3) is 0 Å². The van der Waals surface area contributed by atoms with Crippen LogP contribution in [0.15, 0.2) is 65.4 Å². The maximum absolute atomic E-state index is 12.0. The minimum absolute atomic E-state index is 0.259. The molecule has 2 N–H and O–H groups in total. The van der Waals surface area contributed by atoms with Crippen LogP contribution >= 0.6 is 11.6 Å². The van der Waals surface area contributed by atoms with E-state index in [-0.39, 0.29) is 5.91 Å². The van der Waals surface area contributed by atoms with Crippen molar-refractivity contribution in [3.8, 4) is 0 Å². The highest BCUT2D eigenvalue weighted by Crippen LogP contribution is 2.24. The Morgan fingerprint density at radius 2 is 2.00 bits per heavy atom. The first-order chi connectivity index (χ1) is 11.2. The Labute approximate surface area is 138 Å². The number of pyridine rings is 1. The lowest BCUT2D eigenvalue weighted by Gasteiger charge is -2.08. The molecule has 0 atom stereocenters. The number of carbonyl (C=O) groups excluding carboxylic acids is 1. The molecule has 116 valence electrons. The number of rotatable bonds is 5. The van der Waals surface area contributed by atoms with Gasteiger partial charge in [-0.25, -0.2) is 4.98 Å². The van der Waals surface area contributed by atoms with E-state index >= 15 is 0 Å². The molecule has 1 amide bonds. The summed E-state index contributed by atoms with van der Waals surface area (Å²) in [6, 6.07) is 14.4. The predicted molar refractivity (Wildman–Crippen MR) is 88.8 cm³/mol. The van der Waals surface area contributed by atoms with E-state index in [0.717, 1.165) is 11.4 Å². The summed E-state index contributed by atoms with van der Waals surface area (Å²) in [6.07, 6.45) is 3.15. The minimum atomic E-state index is -0.259. The molecule has 0 bridgehead atoms. The smallest absolute Gasteiger partial charge is 0.270 e. The number of para-hydroxylation sites is 1. The molecule has 5 nitrogen and oxygen atoms in total. The van der Waals surface area contributed by atoms with Crippen LogP contribution in [0.4, 0.5) is 11.4 Å². The number of nitrogens with one attached hydrogen (secondary N) is 2. The van der Waals surface area contributed by atoms with Crippen molar-refractivity contribution in [2.24, 2.45) is 0 Å². The van der Waals surface area contributed by atoms with Crippen LogP contribution in [-0.4, -0.2) is 10.9 Å². The summed E-state index contributed by atoms with van der Waals surface area (Å²) in [5, 5.41) is 6.51. The highest BCUT2D eigenvalue weighted by molar-refractivity contribution is 6.33. The van der Waals surface area contributed by atoms with Gasteiger partial charge in [-0.3, -0.25) is 4.79 Å². The molecular weight excluding hydrogens is 314 g/mol. The molecule has 3 aromatic rings. The number of furan rings is 1. The number of hydrogen-bond donors (Lipinski definition) is 2. The van der Waals surface area contributed by atoms with E-state index in [1.165, 1.54) is 0 Å². The van der Waals surface area contributed by atoms with Crippen LogP contribution in [0.3, 0.4) is 0 Å². The number of aromatic nitrogens is 1. The fraction of sp³-hybridized carbons (Fsp3) is 0.0588. The second-order valence-corrected chi connectivity index (χ2v) is 5.21. The number of halogens is 1. The van der Waals surface area contributed by atoms with Crippen LogP contribution in [0.2, 0.25) is 5.02 Å². The van der Waals surface area contributed by atoms with Gasteiger partial charge in [-0.05, 0) is 36.4 Å². The van der Waals surface area contributed by atoms with Gasteiger partial charge in [0.25, 0.3) is 5.91 Å². The Morgan fingerprint density at radius 1 is 1.13 bits per heavy atom. The molecule has 0 fully saturated rings. The molecular formula is C17H14ClN3O2. The van der Waals surface area contributed by atoms with Crippen LogP contribution in [0.5, 0.6) is 0 Å². The molecule has 2 heterocycles.